The Morgan fingerprint density at radius 1 is 1.15 bits per heavy atom. The van der Waals surface area contributed by atoms with E-state index in [1.807, 2.05) is 38.1 Å². The zero-order valence-corrected chi connectivity index (χ0v) is 19.8. The number of hydrogen-bond donors (Lipinski definition) is 2. The molecule has 3 atom stereocenters. The van der Waals surface area contributed by atoms with Crippen LogP contribution in [0, 0.1) is 17.8 Å². The second-order valence-electron chi connectivity index (χ2n) is 9.62. The normalized spacial score (nSPS) is 28.0. The fraction of sp³-hybridized carbons (Fsp3) is 0.519. The molecule has 3 aliphatic rings. The van der Waals surface area contributed by atoms with Crippen molar-refractivity contribution in [3.05, 3.63) is 53.3 Å². The fourth-order valence-electron chi connectivity index (χ4n) is 5.36. The second kappa shape index (κ2) is 9.64. The summed E-state index contributed by atoms with van der Waals surface area (Å²) in [6, 6.07) is 7.92. The number of nitrogens with zero attached hydrogens (tertiary/aromatic N) is 1. The Kier molecular flexibility index (Phi) is 6.84. The molecule has 0 spiro atoms. The van der Waals surface area contributed by atoms with Crippen LogP contribution in [0.3, 0.4) is 0 Å². The molecular weight excluding hydrogens is 416 g/mol. The summed E-state index contributed by atoms with van der Waals surface area (Å²) in [5.74, 6) is 0.721. The SMILES string of the molecule is CCC1C(=O)C2=C(CC(C)C1=O)NC(=NC1(CO)CC=CC1)CC2Cc1ccc(OC)cc1. The average molecular weight is 451 g/mol. The molecule has 4 rings (SSSR count). The smallest absolute Gasteiger partial charge is 0.171 e. The van der Waals surface area contributed by atoms with Crippen molar-refractivity contribution in [3.63, 3.8) is 0 Å². The van der Waals surface area contributed by atoms with Gasteiger partial charge in [-0.15, -0.1) is 0 Å². The topological polar surface area (TPSA) is 88.0 Å². The van der Waals surface area contributed by atoms with Gasteiger partial charge in [-0.3, -0.25) is 14.6 Å². The van der Waals surface area contributed by atoms with Crippen molar-refractivity contribution in [1.82, 2.24) is 5.32 Å². The molecule has 1 aromatic carbocycles. The molecule has 0 saturated heterocycles. The van der Waals surface area contributed by atoms with Crippen LogP contribution < -0.4 is 10.1 Å². The van der Waals surface area contributed by atoms with E-state index in [1.54, 1.807) is 7.11 Å². The maximum Gasteiger partial charge on any atom is 0.171 e. The minimum Gasteiger partial charge on any atom is -0.497 e. The molecule has 1 aliphatic heterocycles. The minimum absolute atomic E-state index is 0.0219. The summed E-state index contributed by atoms with van der Waals surface area (Å²) in [5.41, 5.74) is 2.17. The Labute approximate surface area is 195 Å². The predicted octanol–water partition coefficient (Wildman–Crippen LogP) is 3.79. The standard InChI is InChI=1S/C27H34N2O4/c1-4-21-25(31)17(2)13-22-24(26(21)32)19(14-18-7-9-20(33-3)10-8-18)15-23(28-22)29-27(16-30)11-5-6-12-27/h5-10,17,19,21,30H,4,11-16H2,1-3H3,(H,28,29). The fourth-order valence-corrected chi connectivity index (χ4v) is 5.36. The monoisotopic (exact) mass is 450 g/mol. The Hall–Kier alpha value is -2.73. The molecule has 6 nitrogen and oxygen atoms in total. The van der Waals surface area contributed by atoms with E-state index in [4.69, 9.17) is 9.73 Å². The van der Waals surface area contributed by atoms with Crippen LogP contribution in [0.5, 0.6) is 5.75 Å². The number of aliphatic hydroxyl groups excluding tert-OH is 1. The van der Waals surface area contributed by atoms with Gasteiger partial charge in [0.15, 0.2) is 5.78 Å². The Balaban J connectivity index is 1.73. The maximum atomic E-state index is 13.6. The summed E-state index contributed by atoms with van der Waals surface area (Å²) in [5, 5.41) is 13.5. The second-order valence-corrected chi connectivity index (χ2v) is 9.62. The van der Waals surface area contributed by atoms with Crippen molar-refractivity contribution in [3.8, 4) is 5.75 Å². The summed E-state index contributed by atoms with van der Waals surface area (Å²) in [4.78, 5) is 31.5. The lowest BCUT2D eigenvalue weighted by Gasteiger charge is -2.32. The van der Waals surface area contributed by atoms with Crippen molar-refractivity contribution in [1.29, 1.82) is 0 Å². The highest BCUT2D eigenvalue weighted by atomic mass is 16.5. The molecule has 0 radical (unpaired) electrons. The van der Waals surface area contributed by atoms with Crippen LogP contribution in [-0.2, 0) is 16.0 Å². The Morgan fingerprint density at radius 2 is 1.85 bits per heavy atom. The lowest BCUT2D eigenvalue weighted by atomic mass is 9.79. The van der Waals surface area contributed by atoms with Gasteiger partial charge in [-0.25, -0.2) is 0 Å². The highest BCUT2D eigenvalue weighted by Crippen LogP contribution is 2.38. The molecule has 33 heavy (non-hydrogen) atoms. The molecular formula is C27H34N2O4. The number of Topliss-reactive ketones (excluding diaryl/α,β-unsaturated/α-hetero) is 2. The van der Waals surface area contributed by atoms with Gasteiger partial charge in [-0.05, 0) is 49.8 Å². The van der Waals surface area contributed by atoms with Crippen LogP contribution in [-0.4, -0.2) is 41.8 Å². The van der Waals surface area contributed by atoms with Gasteiger partial charge in [0.2, 0.25) is 0 Å². The van der Waals surface area contributed by atoms with Gasteiger partial charge in [0.05, 0.1) is 25.2 Å². The van der Waals surface area contributed by atoms with Gasteiger partial charge >= 0.3 is 0 Å². The first-order chi connectivity index (χ1) is 15.9. The zero-order chi connectivity index (χ0) is 23.6. The van der Waals surface area contributed by atoms with Crippen molar-refractivity contribution in [2.45, 2.75) is 57.9 Å². The summed E-state index contributed by atoms with van der Waals surface area (Å²) < 4.78 is 5.29. The third kappa shape index (κ3) is 4.67. The molecule has 1 heterocycles. The lowest BCUT2D eigenvalue weighted by molar-refractivity contribution is -0.132. The first-order valence-corrected chi connectivity index (χ1v) is 11.9. The molecule has 1 aromatic rings. The van der Waals surface area contributed by atoms with Gasteiger partial charge in [0.1, 0.15) is 17.4 Å². The number of benzene rings is 1. The molecule has 176 valence electrons. The summed E-state index contributed by atoms with van der Waals surface area (Å²) >= 11 is 0. The third-order valence-electron chi connectivity index (χ3n) is 7.27. The van der Waals surface area contributed by atoms with Crippen molar-refractivity contribution < 1.29 is 19.4 Å². The lowest BCUT2D eigenvalue weighted by Crippen LogP contribution is -2.40. The molecule has 0 amide bonds. The summed E-state index contributed by atoms with van der Waals surface area (Å²) in [7, 11) is 1.64. The number of aliphatic hydroxyl groups is 1. The number of ketones is 2. The molecule has 2 aliphatic carbocycles. The molecule has 0 fully saturated rings. The number of hydrogen-bond acceptors (Lipinski definition) is 5. The first-order valence-electron chi connectivity index (χ1n) is 11.9. The third-order valence-corrected chi connectivity index (χ3v) is 7.27. The van der Waals surface area contributed by atoms with Gasteiger partial charge in [-0.1, -0.05) is 38.1 Å². The van der Waals surface area contributed by atoms with E-state index in [0.717, 1.165) is 28.4 Å². The number of methoxy groups -OCH3 is 1. The van der Waals surface area contributed by atoms with Crippen LogP contribution in [0.4, 0.5) is 0 Å². The van der Waals surface area contributed by atoms with E-state index >= 15 is 0 Å². The van der Waals surface area contributed by atoms with Gasteiger partial charge < -0.3 is 15.2 Å². The van der Waals surface area contributed by atoms with E-state index in [1.165, 1.54) is 0 Å². The van der Waals surface area contributed by atoms with Crippen LogP contribution in [0.15, 0.2) is 52.7 Å². The Bertz CT molecular complexity index is 997. The molecule has 0 bridgehead atoms. The highest BCUT2D eigenvalue weighted by Gasteiger charge is 2.42. The van der Waals surface area contributed by atoms with Gasteiger partial charge in [0, 0.05) is 29.5 Å². The van der Waals surface area contributed by atoms with Crippen LogP contribution in [0.25, 0.3) is 0 Å². The molecule has 2 N–H and O–H groups in total. The first kappa shape index (κ1) is 23.4. The number of allylic oxidation sites excluding steroid dienone is 2. The predicted molar refractivity (Wildman–Crippen MR) is 128 cm³/mol. The number of ether oxygens (including phenoxy) is 1. The van der Waals surface area contributed by atoms with E-state index in [0.29, 0.717) is 38.5 Å². The molecule has 0 saturated carbocycles. The van der Waals surface area contributed by atoms with Crippen molar-refractivity contribution in [2.75, 3.05) is 13.7 Å². The number of rotatable bonds is 6. The highest BCUT2D eigenvalue weighted by molar-refractivity contribution is 6.13. The molecule has 3 unspecified atom stereocenters. The Morgan fingerprint density at radius 3 is 2.45 bits per heavy atom. The van der Waals surface area contributed by atoms with Gasteiger partial charge in [-0.2, -0.15) is 0 Å². The summed E-state index contributed by atoms with van der Waals surface area (Å²) in [6.07, 6.45) is 7.82. The number of carbonyl (C=O) groups excluding carboxylic acids is 2. The average Bonchev–Trinajstić information content (AvgIpc) is 3.25. The number of amidine groups is 1. The van der Waals surface area contributed by atoms with Crippen LogP contribution in [0.1, 0.15) is 51.5 Å². The van der Waals surface area contributed by atoms with Gasteiger partial charge in [0.25, 0.3) is 0 Å². The minimum atomic E-state index is -0.575. The van der Waals surface area contributed by atoms with E-state index in [-0.39, 0.29) is 30.0 Å². The van der Waals surface area contributed by atoms with Crippen molar-refractivity contribution >= 4 is 17.4 Å². The number of aliphatic imine (C=N–C) groups is 1. The quantitative estimate of drug-likeness (QED) is 0.509. The van der Waals surface area contributed by atoms with Crippen LogP contribution in [0.2, 0.25) is 0 Å². The number of nitrogens with one attached hydrogen (secondary N) is 1. The van der Waals surface area contributed by atoms with E-state index < -0.39 is 11.5 Å². The number of carbonyl (C=O) groups is 2. The largest absolute Gasteiger partial charge is 0.497 e. The summed E-state index contributed by atoms with van der Waals surface area (Å²) in [6.45, 7) is 3.81. The molecule has 6 heteroatoms. The maximum absolute atomic E-state index is 13.6. The van der Waals surface area contributed by atoms with Crippen molar-refractivity contribution in [2.24, 2.45) is 22.7 Å². The van der Waals surface area contributed by atoms with E-state index in [2.05, 4.69) is 17.5 Å². The van der Waals surface area contributed by atoms with E-state index in [9.17, 15) is 14.7 Å². The molecule has 0 aromatic heterocycles. The van der Waals surface area contributed by atoms with Crippen LogP contribution >= 0.6 is 0 Å². The zero-order valence-electron chi connectivity index (χ0n) is 19.8.